The van der Waals surface area contributed by atoms with Gasteiger partial charge >= 0.3 is 0 Å². The second-order valence-corrected chi connectivity index (χ2v) is 3.72. The van der Waals surface area contributed by atoms with E-state index < -0.39 is 0 Å². The third kappa shape index (κ3) is 2.04. The zero-order chi connectivity index (χ0) is 11.5. The van der Waals surface area contributed by atoms with Gasteiger partial charge in [0.15, 0.2) is 5.78 Å². The van der Waals surface area contributed by atoms with Crippen LogP contribution in [0.3, 0.4) is 0 Å². The predicted molar refractivity (Wildman–Crippen MR) is 62.8 cm³/mol. The SMILES string of the molecule is O=C1C=CC(=NO)C=C1c1ccc(Cl)cc1. The van der Waals surface area contributed by atoms with Crippen LogP contribution in [0.15, 0.2) is 47.6 Å². The lowest BCUT2D eigenvalue weighted by molar-refractivity contribution is -0.109. The minimum Gasteiger partial charge on any atom is -0.410 e. The third-order valence-corrected chi connectivity index (χ3v) is 2.49. The molecule has 1 N–H and O–H groups in total. The summed E-state index contributed by atoms with van der Waals surface area (Å²) in [5, 5.41) is 12.3. The van der Waals surface area contributed by atoms with Crippen molar-refractivity contribution in [3.8, 4) is 0 Å². The van der Waals surface area contributed by atoms with Crippen LogP contribution in [0.25, 0.3) is 5.57 Å². The van der Waals surface area contributed by atoms with Crippen molar-refractivity contribution in [1.29, 1.82) is 0 Å². The highest BCUT2D eigenvalue weighted by molar-refractivity contribution is 6.35. The molecule has 0 spiro atoms. The van der Waals surface area contributed by atoms with Gasteiger partial charge in [0.05, 0.1) is 0 Å². The van der Waals surface area contributed by atoms with Crippen molar-refractivity contribution in [3.63, 3.8) is 0 Å². The van der Waals surface area contributed by atoms with E-state index in [-0.39, 0.29) is 5.78 Å². The fourth-order valence-corrected chi connectivity index (χ4v) is 1.56. The number of carbonyl (C=O) groups is 1. The lowest BCUT2D eigenvalue weighted by Gasteiger charge is -2.07. The van der Waals surface area contributed by atoms with Crippen LogP contribution in [0.1, 0.15) is 5.56 Å². The van der Waals surface area contributed by atoms with Gasteiger partial charge in [0.25, 0.3) is 0 Å². The molecule has 0 fully saturated rings. The average Bonchev–Trinajstić information content (AvgIpc) is 2.31. The molecule has 80 valence electrons. The number of ketones is 1. The first-order valence-corrected chi connectivity index (χ1v) is 5.00. The molecular weight excluding hydrogens is 226 g/mol. The van der Waals surface area contributed by atoms with Crippen molar-refractivity contribution in [1.82, 2.24) is 0 Å². The number of rotatable bonds is 1. The summed E-state index contributed by atoms with van der Waals surface area (Å²) in [5.41, 5.74) is 1.59. The summed E-state index contributed by atoms with van der Waals surface area (Å²) in [4.78, 5) is 11.6. The molecule has 4 heteroatoms. The standard InChI is InChI=1S/C12H8ClNO2/c13-9-3-1-8(2-4-9)11-7-10(14-16)5-6-12(11)15/h1-7,16H. The maximum atomic E-state index is 11.6. The summed E-state index contributed by atoms with van der Waals surface area (Å²) in [6.45, 7) is 0. The van der Waals surface area contributed by atoms with Crippen LogP contribution in [0.4, 0.5) is 0 Å². The van der Waals surface area contributed by atoms with Gasteiger partial charge in [-0.15, -0.1) is 0 Å². The number of hydrogen-bond acceptors (Lipinski definition) is 3. The van der Waals surface area contributed by atoms with Gasteiger partial charge in [0, 0.05) is 10.6 Å². The van der Waals surface area contributed by atoms with Gasteiger partial charge in [-0.25, -0.2) is 0 Å². The van der Waals surface area contributed by atoms with Crippen molar-refractivity contribution in [3.05, 3.63) is 53.1 Å². The van der Waals surface area contributed by atoms with Crippen molar-refractivity contribution in [2.75, 3.05) is 0 Å². The van der Waals surface area contributed by atoms with Crippen molar-refractivity contribution in [2.45, 2.75) is 0 Å². The molecule has 0 bridgehead atoms. The second-order valence-electron chi connectivity index (χ2n) is 3.29. The molecular formula is C12H8ClNO2. The summed E-state index contributed by atoms with van der Waals surface area (Å²) in [5.74, 6) is -0.116. The summed E-state index contributed by atoms with van der Waals surface area (Å²) in [7, 11) is 0. The number of halogens is 1. The Labute approximate surface area is 97.3 Å². The second kappa shape index (κ2) is 4.33. The molecule has 16 heavy (non-hydrogen) atoms. The van der Waals surface area contributed by atoms with E-state index >= 15 is 0 Å². The Bertz CT molecular complexity index is 512. The van der Waals surface area contributed by atoms with Gasteiger partial charge in [-0.2, -0.15) is 0 Å². The Kier molecular flexibility index (Phi) is 2.88. The Morgan fingerprint density at radius 2 is 1.81 bits per heavy atom. The molecule has 1 aromatic rings. The zero-order valence-electron chi connectivity index (χ0n) is 8.22. The van der Waals surface area contributed by atoms with E-state index in [1.54, 1.807) is 24.3 Å². The molecule has 0 heterocycles. The molecule has 0 radical (unpaired) electrons. The molecule has 0 aliphatic heterocycles. The van der Waals surface area contributed by atoms with Crippen molar-refractivity contribution in [2.24, 2.45) is 5.16 Å². The van der Waals surface area contributed by atoms with Crippen molar-refractivity contribution < 1.29 is 10.0 Å². The van der Waals surface area contributed by atoms with Gasteiger partial charge in [0.1, 0.15) is 5.71 Å². The van der Waals surface area contributed by atoms with Gasteiger partial charge in [-0.3, -0.25) is 4.79 Å². The van der Waals surface area contributed by atoms with Crippen LogP contribution in [-0.4, -0.2) is 16.7 Å². The van der Waals surface area contributed by atoms with Crippen LogP contribution < -0.4 is 0 Å². The quantitative estimate of drug-likeness (QED) is 0.461. The van der Waals surface area contributed by atoms with E-state index in [2.05, 4.69) is 5.16 Å². The maximum absolute atomic E-state index is 11.6. The zero-order valence-corrected chi connectivity index (χ0v) is 8.98. The van der Waals surface area contributed by atoms with Crippen LogP contribution in [0.5, 0.6) is 0 Å². The minimum atomic E-state index is -0.116. The molecule has 1 aliphatic carbocycles. The summed E-state index contributed by atoms with van der Waals surface area (Å²) in [6.07, 6.45) is 4.37. The normalized spacial score (nSPS) is 17.7. The molecule has 1 aliphatic rings. The Morgan fingerprint density at radius 3 is 2.44 bits per heavy atom. The monoisotopic (exact) mass is 233 g/mol. The molecule has 0 atom stereocenters. The topological polar surface area (TPSA) is 49.7 Å². The number of benzene rings is 1. The molecule has 2 rings (SSSR count). The van der Waals surface area contributed by atoms with Crippen molar-refractivity contribution >= 4 is 28.7 Å². The van der Waals surface area contributed by atoms with Crippen LogP contribution >= 0.6 is 11.6 Å². The lowest BCUT2D eigenvalue weighted by atomic mass is 9.96. The van der Waals surface area contributed by atoms with E-state index in [9.17, 15) is 4.79 Å². The Morgan fingerprint density at radius 1 is 1.12 bits per heavy atom. The molecule has 0 unspecified atom stereocenters. The average molecular weight is 234 g/mol. The number of nitrogens with zero attached hydrogens (tertiary/aromatic N) is 1. The van der Waals surface area contributed by atoms with Crippen LogP contribution in [0, 0.1) is 0 Å². The van der Waals surface area contributed by atoms with Gasteiger partial charge < -0.3 is 5.21 Å². The fraction of sp³-hybridized carbons (Fsp3) is 0. The molecule has 1 aromatic carbocycles. The van der Waals surface area contributed by atoms with Gasteiger partial charge in [-0.05, 0) is 35.9 Å². The van der Waals surface area contributed by atoms with E-state index in [1.807, 2.05) is 0 Å². The molecule has 0 saturated carbocycles. The Hall–Kier alpha value is -1.87. The van der Waals surface area contributed by atoms with Crippen LogP contribution in [-0.2, 0) is 4.79 Å². The minimum absolute atomic E-state index is 0.116. The number of allylic oxidation sites excluding steroid dienone is 4. The lowest BCUT2D eigenvalue weighted by Crippen LogP contribution is -2.06. The fourth-order valence-electron chi connectivity index (χ4n) is 1.44. The molecule has 0 amide bonds. The van der Waals surface area contributed by atoms with Gasteiger partial charge in [-0.1, -0.05) is 28.9 Å². The largest absolute Gasteiger partial charge is 0.410 e. The summed E-state index contributed by atoms with van der Waals surface area (Å²) >= 11 is 5.76. The summed E-state index contributed by atoms with van der Waals surface area (Å²) in [6, 6.07) is 6.92. The van der Waals surface area contributed by atoms with E-state index in [4.69, 9.17) is 16.8 Å². The predicted octanol–water partition coefficient (Wildman–Crippen LogP) is 2.69. The van der Waals surface area contributed by atoms with E-state index in [1.165, 1.54) is 18.2 Å². The molecule has 0 aromatic heterocycles. The first-order valence-electron chi connectivity index (χ1n) is 4.63. The highest BCUT2D eigenvalue weighted by Gasteiger charge is 2.14. The first-order chi connectivity index (χ1) is 7.70. The molecule has 0 saturated heterocycles. The number of oxime groups is 1. The maximum Gasteiger partial charge on any atom is 0.186 e. The number of carbonyl (C=O) groups excluding carboxylic acids is 1. The number of hydrogen-bond donors (Lipinski definition) is 1. The van der Waals surface area contributed by atoms with Gasteiger partial charge in [0.2, 0.25) is 0 Å². The van der Waals surface area contributed by atoms with E-state index in [0.717, 1.165) is 5.56 Å². The Balaban J connectivity index is 2.43. The summed E-state index contributed by atoms with van der Waals surface area (Å²) < 4.78 is 0. The third-order valence-electron chi connectivity index (χ3n) is 2.23. The first kappa shape index (κ1) is 10.6. The highest BCUT2D eigenvalue weighted by Crippen LogP contribution is 2.21. The van der Waals surface area contributed by atoms with E-state index in [0.29, 0.717) is 16.3 Å². The van der Waals surface area contributed by atoms with Crippen LogP contribution in [0.2, 0.25) is 5.02 Å². The highest BCUT2D eigenvalue weighted by atomic mass is 35.5. The smallest absolute Gasteiger partial charge is 0.186 e. The molecule has 3 nitrogen and oxygen atoms in total.